The van der Waals surface area contributed by atoms with Crippen LogP contribution in [0.15, 0.2) is 54.2 Å². The first-order valence-corrected chi connectivity index (χ1v) is 7.36. The molecule has 5 nitrogen and oxygen atoms in total. The average molecular weight is 326 g/mol. The molecule has 1 fully saturated rings. The van der Waals surface area contributed by atoms with Crippen LogP contribution in [0.1, 0.15) is 11.1 Å². The number of amides is 1. The third-order valence-electron chi connectivity index (χ3n) is 3.48. The molecule has 0 saturated carbocycles. The molecule has 0 aromatic heterocycles. The summed E-state index contributed by atoms with van der Waals surface area (Å²) in [5.74, 6) is -0.742. The molecular formula is C17H14N2O3S. The maximum absolute atomic E-state index is 12.1. The van der Waals surface area contributed by atoms with Crippen molar-refractivity contribution in [3.8, 4) is 11.5 Å². The number of nitrogens with one attached hydrogen (secondary N) is 1. The number of aromatic hydroxyl groups is 2. The van der Waals surface area contributed by atoms with Gasteiger partial charge in [0.2, 0.25) is 0 Å². The van der Waals surface area contributed by atoms with Gasteiger partial charge in [0, 0.05) is 0 Å². The molecule has 2 aromatic carbocycles. The van der Waals surface area contributed by atoms with Gasteiger partial charge in [-0.2, -0.15) is 0 Å². The maximum Gasteiger partial charge on any atom is 0.274 e. The van der Waals surface area contributed by atoms with E-state index in [4.69, 9.17) is 12.2 Å². The van der Waals surface area contributed by atoms with Crippen molar-refractivity contribution < 1.29 is 15.0 Å². The number of phenolic OH excluding ortho intramolecular Hbond substituents is 2. The van der Waals surface area contributed by atoms with Crippen LogP contribution in [-0.4, -0.2) is 26.1 Å². The van der Waals surface area contributed by atoms with E-state index in [0.717, 1.165) is 5.56 Å². The summed E-state index contributed by atoms with van der Waals surface area (Å²) in [6.45, 7) is 0.467. The molecule has 1 saturated heterocycles. The molecule has 2 aromatic rings. The van der Waals surface area contributed by atoms with Crippen LogP contribution in [0.25, 0.3) is 6.08 Å². The summed E-state index contributed by atoms with van der Waals surface area (Å²) in [7, 11) is 0. The summed E-state index contributed by atoms with van der Waals surface area (Å²) in [6.07, 6.45) is 1.62. The maximum atomic E-state index is 12.1. The standard InChI is InChI=1S/C17H14N2O3S/c20-14-7-6-12(9-15(14)21)8-13-16(22)18-17(23)19(13)10-11-4-2-1-3-5-11/h1-9,20-21H,10H2,(H,18,22,23)/b13-8-. The predicted molar refractivity (Wildman–Crippen MR) is 90.5 cm³/mol. The fourth-order valence-electron chi connectivity index (χ4n) is 2.32. The molecule has 1 aliphatic heterocycles. The minimum Gasteiger partial charge on any atom is -0.504 e. The molecule has 0 radical (unpaired) electrons. The van der Waals surface area contributed by atoms with Crippen LogP contribution in [0.5, 0.6) is 11.5 Å². The fraction of sp³-hybridized carbons (Fsp3) is 0.0588. The Morgan fingerprint density at radius 2 is 1.83 bits per heavy atom. The molecule has 0 atom stereocenters. The van der Waals surface area contributed by atoms with Crippen LogP contribution in [-0.2, 0) is 11.3 Å². The topological polar surface area (TPSA) is 72.8 Å². The SMILES string of the molecule is O=C1NC(=S)N(Cc2ccccc2)/C1=C\c1ccc(O)c(O)c1. The first-order chi connectivity index (χ1) is 11.0. The lowest BCUT2D eigenvalue weighted by molar-refractivity contribution is -0.115. The van der Waals surface area contributed by atoms with Gasteiger partial charge in [0.05, 0.1) is 6.54 Å². The van der Waals surface area contributed by atoms with E-state index in [-0.39, 0.29) is 17.4 Å². The van der Waals surface area contributed by atoms with E-state index in [1.54, 1.807) is 17.0 Å². The van der Waals surface area contributed by atoms with E-state index in [1.807, 2.05) is 30.3 Å². The van der Waals surface area contributed by atoms with Crippen LogP contribution in [0, 0.1) is 0 Å². The van der Waals surface area contributed by atoms with E-state index in [9.17, 15) is 15.0 Å². The predicted octanol–water partition coefficient (Wildman–Crippen LogP) is 2.36. The lowest BCUT2D eigenvalue weighted by Gasteiger charge is -2.17. The van der Waals surface area contributed by atoms with Crippen LogP contribution in [0.3, 0.4) is 0 Å². The number of thiocarbonyl (C=S) groups is 1. The van der Waals surface area contributed by atoms with Crippen molar-refractivity contribution in [3.63, 3.8) is 0 Å². The van der Waals surface area contributed by atoms with Gasteiger partial charge in [-0.1, -0.05) is 36.4 Å². The third-order valence-corrected chi connectivity index (χ3v) is 3.80. The zero-order chi connectivity index (χ0) is 16.4. The van der Waals surface area contributed by atoms with Gasteiger partial charge in [0.15, 0.2) is 16.6 Å². The Bertz CT molecular complexity index is 803. The quantitative estimate of drug-likeness (QED) is 0.459. The molecular weight excluding hydrogens is 312 g/mol. The second-order valence-electron chi connectivity index (χ2n) is 5.11. The minimum absolute atomic E-state index is 0.209. The van der Waals surface area contributed by atoms with Gasteiger partial charge >= 0.3 is 0 Å². The Balaban J connectivity index is 1.93. The Labute approximate surface area is 138 Å². The zero-order valence-electron chi connectivity index (χ0n) is 12.1. The first kappa shape index (κ1) is 15.1. The van der Waals surface area contributed by atoms with Crippen molar-refractivity contribution in [3.05, 3.63) is 65.4 Å². The highest BCUT2D eigenvalue weighted by Gasteiger charge is 2.29. The van der Waals surface area contributed by atoms with Gasteiger partial charge < -0.3 is 15.1 Å². The zero-order valence-corrected chi connectivity index (χ0v) is 12.9. The molecule has 0 aliphatic carbocycles. The summed E-state index contributed by atoms with van der Waals surface area (Å²) in [5, 5.41) is 21.9. The number of hydrogen-bond donors (Lipinski definition) is 3. The molecule has 3 rings (SSSR count). The number of hydrogen-bond acceptors (Lipinski definition) is 4. The van der Waals surface area contributed by atoms with Gasteiger partial charge in [-0.05, 0) is 41.6 Å². The Morgan fingerprint density at radius 3 is 2.52 bits per heavy atom. The highest BCUT2D eigenvalue weighted by atomic mass is 32.1. The fourth-order valence-corrected chi connectivity index (χ4v) is 2.57. The van der Waals surface area contributed by atoms with Crippen molar-refractivity contribution in [2.75, 3.05) is 0 Å². The van der Waals surface area contributed by atoms with Gasteiger partial charge in [0.1, 0.15) is 5.70 Å². The van der Waals surface area contributed by atoms with Gasteiger partial charge in [0.25, 0.3) is 5.91 Å². The molecule has 1 heterocycles. The minimum atomic E-state index is -0.293. The normalized spacial score (nSPS) is 16.0. The van der Waals surface area contributed by atoms with Crippen molar-refractivity contribution in [1.82, 2.24) is 10.2 Å². The van der Waals surface area contributed by atoms with Gasteiger partial charge in [-0.15, -0.1) is 0 Å². The lowest BCUT2D eigenvalue weighted by Crippen LogP contribution is -2.26. The number of carbonyl (C=O) groups is 1. The van der Waals surface area contributed by atoms with E-state index in [0.29, 0.717) is 22.9 Å². The van der Waals surface area contributed by atoms with Gasteiger partial charge in [-0.25, -0.2) is 0 Å². The smallest absolute Gasteiger partial charge is 0.274 e. The third kappa shape index (κ3) is 3.17. The van der Waals surface area contributed by atoms with Crippen molar-refractivity contribution in [2.24, 2.45) is 0 Å². The Hall–Kier alpha value is -2.86. The average Bonchev–Trinajstić information content (AvgIpc) is 2.79. The summed E-state index contributed by atoms with van der Waals surface area (Å²) in [4.78, 5) is 13.8. The number of benzene rings is 2. The second-order valence-corrected chi connectivity index (χ2v) is 5.50. The molecule has 0 spiro atoms. The van der Waals surface area contributed by atoms with E-state index >= 15 is 0 Å². The monoisotopic (exact) mass is 326 g/mol. The van der Waals surface area contributed by atoms with Crippen LogP contribution in [0.2, 0.25) is 0 Å². The van der Waals surface area contributed by atoms with Crippen LogP contribution >= 0.6 is 12.2 Å². The lowest BCUT2D eigenvalue weighted by atomic mass is 10.1. The summed E-state index contributed by atoms with van der Waals surface area (Å²) >= 11 is 5.22. The second kappa shape index (κ2) is 6.10. The van der Waals surface area contributed by atoms with Crippen LogP contribution < -0.4 is 5.32 Å². The Morgan fingerprint density at radius 1 is 1.09 bits per heavy atom. The summed E-state index contributed by atoms with van der Waals surface area (Å²) in [5.41, 5.74) is 2.00. The highest BCUT2D eigenvalue weighted by molar-refractivity contribution is 7.80. The number of rotatable bonds is 3. The largest absolute Gasteiger partial charge is 0.504 e. The molecule has 1 amide bonds. The summed E-state index contributed by atoms with van der Waals surface area (Å²) in [6, 6.07) is 14.0. The van der Waals surface area contributed by atoms with E-state index in [1.165, 1.54) is 12.1 Å². The van der Waals surface area contributed by atoms with Crippen LogP contribution in [0.4, 0.5) is 0 Å². The highest BCUT2D eigenvalue weighted by Crippen LogP contribution is 2.27. The molecule has 3 N–H and O–H groups in total. The molecule has 116 valence electrons. The molecule has 23 heavy (non-hydrogen) atoms. The van der Waals surface area contributed by atoms with Crippen molar-refractivity contribution in [2.45, 2.75) is 6.54 Å². The molecule has 1 aliphatic rings. The first-order valence-electron chi connectivity index (χ1n) is 6.95. The molecule has 0 unspecified atom stereocenters. The molecule has 6 heteroatoms. The Kier molecular flexibility index (Phi) is 3.99. The molecule has 0 bridgehead atoms. The van der Waals surface area contributed by atoms with E-state index in [2.05, 4.69) is 5.32 Å². The number of nitrogens with zero attached hydrogens (tertiary/aromatic N) is 1. The number of carbonyl (C=O) groups excluding carboxylic acids is 1. The van der Waals surface area contributed by atoms with Gasteiger partial charge in [-0.3, -0.25) is 10.1 Å². The van der Waals surface area contributed by atoms with Crippen molar-refractivity contribution >= 4 is 29.3 Å². The van der Waals surface area contributed by atoms with Crippen molar-refractivity contribution in [1.29, 1.82) is 0 Å². The van der Waals surface area contributed by atoms with E-state index < -0.39 is 0 Å². The number of phenols is 2. The summed E-state index contributed by atoms with van der Waals surface area (Å²) < 4.78 is 0.